The zero-order chi connectivity index (χ0) is 15.8. The number of carbonyl (C=O) groups excluding carboxylic acids is 1. The Bertz CT molecular complexity index is 638. The fourth-order valence-corrected chi connectivity index (χ4v) is 2.27. The number of nitrogens with zero attached hydrogens (tertiary/aromatic N) is 2. The van der Waals surface area contributed by atoms with E-state index in [0.717, 1.165) is 16.3 Å². The molecule has 116 valence electrons. The first kappa shape index (κ1) is 16.1. The maximum Gasteiger partial charge on any atom is 0.250 e. The summed E-state index contributed by atoms with van der Waals surface area (Å²) in [7, 11) is 1.61. The van der Waals surface area contributed by atoms with Gasteiger partial charge in [-0.2, -0.15) is 0 Å². The molecule has 6 nitrogen and oxygen atoms in total. The molecule has 0 spiro atoms. The standard InChI is InChI=1S/C15H17N3O3S/c1-3-21-10-14-17-18-15(22-14)16-13(19)9-6-11-4-7-12(20-2)8-5-11/h4-9H,3,10H2,1-2H3,(H,16,18,19)/b9-6+. The monoisotopic (exact) mass is 319 g/mol. The first-order chi connectivity index (χ1) is 10.7. The number of hydrogen-bond acceptors (Lipinski definition) is 6. The molecule has 0 atom stereocenters. The molecule has 1 heterocycles. The van der Waals surface area contributed by atoms with Crippen molar-refractivity contribution in [2.75, 3.05) is 19.0 Å². The number of ether oxygens (including phenoxy) is 2. The zero-order valence-corrected chi connectivity index (χ0v) is 13.2. The van der Waals surface area contributed by atoms with Gasteiger partial charge >= 0.3 is 0 Å². The molecule has 1 N–H and O–H groups in total. The van der Waals surface area contributed by atoms with Crippen molar-refractivity contribution in [1.82, 2.24) is 10.2 Å². The third-order valence-electron chi connectivity index (χ3n) is 2.67. The van der Waals surface area contributed by atoms with E-state index in [1.807, 2.05) is 31.2 Å². The van der Waals surface area contributed by atoms with Gasteiger partial charge < -0.3 is 9.47 Å². The Morgan fingerprint density at radius 2 is 2.09 bits per heavy atom. The molecule has 0 saturated heterocycles. The van der Waals surface area contributed by atoms with Crippen molar-refractivity contribution in [2.24, 2.45) is 0 Å². The van der Waals surface area contributed by atoms with E-state index in [1.165, 1.54) is 17.4 Å². The van der Waals surface area contributed by atoms with Crippen molar-refractivity contribution in [3.63, 3.8) is 0 Å². The minimum atomic E-state index is -0.255. The van der Waals surface area contributed by atoms with Crippen LogP contribution in [0.3, 0.4) is 0 Å². The highest BCUT2D eigenvalue weighted by molar-refractivity contribution is 7.15. The van der Waals surface area contributed by atoms with Crippen molar-refractivity contribution in [3.8, 4) is 5.75 Å². The predicted molar refractivity (Wildman–Crippen MR) is 85.9 cm³/mol. The molecule has 0 aliphatic carbocycles. The van der Waals surface area contributed by atoms with Crippen molar-refractivity contribution in [1.29, 1.82) is 0 Å². The van der Waals surface area contributed by atoms with E-state index in [1.54, 1.807) is 13.2 Å². The third-order valence-corrected chi connectivity index (χ3v) is 3.48. The molecule has 1 amide bonds. The quantitative estimate of drug-likeness (QED) is 0.794. The summed E-state index contributed by atoms with van der Waals surface area (Å²) in [6, 6.07) is 7.41. The lowest BCUT2D eigenvalue weighted by Gasteiger charge is -1.99. The van der Waals surface area contributed by atoms with Gasteiger partial charge in [0.15, 0.2) is 0 Å². The van der Waals surface area contributed by atoms with Gasteiger partial charge in [0.2, 0.25) is 11.0 Å². The molecule has 2 rings (SSSR count). The highest BCUT2D eigenvalue weighted by Gasteiger charge is 2.06. The Labute approximate surface area is 132 Å². The summed E-state index contributed by atoms with van der Waals surface area (Å²) in [5, 5.41) is 11.7. The largest absolute Gasteiger partial charge is 0.497 e. The SMILES string of the molecule is CCOCc1nnc(NC(=O)/C=C/c2ccc(OC)cc2)s1. The van der Waals surface area contributed by atoms with Gasteiger partial charge in [-0.1, -0.05) is 23.5 Å². The lowest BCUT2D eigenvalue weighted by atomic mass is 10.2. The molecule has 0 fully saturated rings. The number of hydrogen-bond donors (Lipinski definition) is 1. The van der Waals surface area contributed by atoms with Crippen LogP contribution in [0.25, 0.3) is 6.08 Å². The van der Waals surface area contributed by atoms with Gasteiger partial charge in [0.1, 0.15) is 17.4 Å². The zero-order valence-electron chi connectivity index (χ0n) is 12.4. The van der Waals surface area contributed by atoms with Gasteiger partial charge in [0, 0.05) is 12.7 Å². The van der Waals surface area contributed by atoms with E-state index in [-0.39, 0.29) is 5.91 Å². The Morgan fingerprint density at radius 1 is 1.32 bits per heavy atom. The highest BCUT2D eigenvalue weighted by Crippen LogP contribution is 2.16. The number of amides is 1. The minimum absolute atomic E-state index is 0.255. The lowest BCUT2D eigenvalue weighted by Crippen LogP contribution is -2.07. The van der Waals surface area contributed by atoms with E-state index in [9.17, 15) is 4.79 Å². The Balaban J connectivity index is 1.88. The Kier molecular flexibility index (Phi) is 6.05. The van der Waals surface area contributed by atoms with Crippen LogP contribution in [0.4, 0.5) is 5.13 Å². The summed E-state index contributed by atoms with van der Waals surface area (Å²) in [4.78, 5) is 11.8. The van der Waals surface area contributed by atoms with Crippen LogP contribution in [0.5, 0.6) is 5.75 Å². The van der Waals surface area contributed by atoms with Gasteiger partial charge in [-0.15, -0.1) is 10.2 Å². The highest BCUT2D eigenvalue weighted by atomic mass is 32.1. The lowest BCUT2D eigenvalue weighted by molar-refractivity contribution is -0.111. The van der Waals surface area contributed by atoms with Gasteiger partial charge in [-0.05, 0) is 30.7 Å². The number of nitrogens with one attached hydrogen (secondary N) is 1. The van der Waals surface area contributed by atoms with E-state index < -0.39 is 0 Å². The molecule has 1 aromatic heterocycles. The normalized spacial score (nSPS) is 10.8. The first-order valence-electron chi connectivity index (χ1n) is 6.74. The van der Waals surface area contributed by atoms with Crippen LogP contribution in [-0.2, 0) is 16.1 Å². The van der Waals surface area contributed by atoms with E-state index in [0.29, 0.717) is 18.3 Å². The Hall–Kier alpha value is -2.25. The summed E-state index contributed by atoms with van der Waals surface area (Å²) in [6.07, 6.45) is 3.17. The van der Waals surface area contributed by atoms with Crippen molar-refractivity contribution in [2.45, 2.75) is 13.5 Å². The van der Waals surface area contributed by atoms with Crippen LogP contribution in [0.15, 0.2) is 30.3 Å². The number of methoxy groups -OCH3 is 1. The summed E-state index contributed by atoms with van der Waals surface area (Å²) < 4.78 is 10.3. The van der Waals surface area contributed by atoms with Crippen LogP contribution >= 0.6 is 11.3 Å². The maximum absolute atomic E-state index is 11.8. The molecule has 22 heavy (non-hydrogen) atoms. The van der Waals surface area contributed by atoms with Gasteiger partial charge in [-0.3, -0.25) is 10.1 Å². The van der Waals surface area contributed by atoms with Crippen LogP contribution in [0, 0.1) is 0 Å². The first-order valence-corrected chi connectivity index (χ1v) is 7.56. The molecule has 7 heteroatoms. The second-order valence-corrected chi connectivity index (χ2v) is 5.30. The molecule has 0 saturated carbocycles. The van der Waals surface area contributed by atoms with Crippen molar-refractivity contribution >= 4 is 28.5 Å². The molecule has 0 unspecified atom stereocenters. The molecule has 0 bridgehead atoms. The molecular formula is C15H17N3O3S. The van der Waals surface area contributed by atoms with Gasteiger partial charge in [-0.25, -0.2) is 0 Å². The van der Waals surface area contributed by atoms with Crippen LogP contribution < -0.4 is 10.1 Å². The summed E-state index contributed by atoms with van der Waals surface area (Å²) >= 11 is 1.30. The molecule has 0 radical (unpaired) electrons. The number of benzene rings is 1. The molecule has 0 aliphatic heterocycles. The van der Waals surface area contributed by atoms with Gasteiger partial charge in [0.05, 0.1) is 7.11 Å². The van der Waals surface area contributed by atoms with Gasteiger partial charge in [0.25, 0.3) is 0 Å². The van der Waals surface area contributed by atoms with E-state index >= 15 is 0 Å². The van der Waals surface area contributed by atoms with Crippen LogP contribution in [0.1, 0.15) is 17.5 Å². The average Bonchev–Trinajstić information content (AvgIpc) is 2.98. The third kappa shape index (κ3) is 4.94. The molecule has 0 aliphatic rings. The average molecular weight is 319 g/mol. The number of carbonyl (C=O) groups is 1. The Morgan fingerprint density at radius 3 is 2.77 bits per heavy atom. The number of anilines is 1. The minimum Gasteiger partial charge on any atom is -0.497 e. The molecular weight excluding hydrogens is 302 g/mol. The fraction of sp³-hybridized carbons (Fsp3) is 0.267. The maximum atomic E-state index is 11.8. The molecule has 1 aromatic carbocycles. The summed E-state index contributed by atoms with van der Waals surface area (Å²) in [5.41, 5.74) is 0.908. The second-order valence-electron chi connectivity index (χ2n) is 4.23. The number of rotatable bonds is 7. The van der Waals surface area contributed by atoms with E-state index in [4.69, 9.17) is 9.47 Å². The van der Waals surface area contributed by atoms with Crippen LogP contribution in [0.2, 0.25) is 0 Å². The van der Waals surface area contributed by atoms with Crippen molar-refractivity contribution < 1.29 is 14.3 Å². The van der Waals surface area contributed by atoms with Crippen LogP contribution in [-0.4, -0.2) is 29.8 Å². The predicted octanol–water partition coefficient (Wildman–Crippen LogP) is 2.74. The fourth-order valence-electron chi connectivity index (χ4n) is 1.59. The smallest absolute Gasteiger partial charge is 0.250 e. The summed E-state index contributed by atoms with van der Waals surface area (Å²) in [6.45, 7) is 2.94. The topological polar surface area (TPSA) is 73.3 Å². The van der Waals surface area contributed by atoms with E-state index in [2.05, 4.69) is 15.5 Å². The van der Waals surface area contributed by atoms with Crippen molar-refractivity contribution in [3.05, 3.63) is 40.9 Å². The molecule has 2 aromatic rings. The summed E-state index contributed by atoms with van der Waals surface area (Å²) in [5.74, 6) is 0.521. The number of aromatic nitrogens is 2. The second kappa shape index (κ2) is 8.26.